The molecule has 0 saturated carbocycles. The maximum Gasteiger partial charge on any atom is 0.253 e. The predicted octanol–water partition coefficient (Wildman–Crippen LogP) is 2.64. The van der Waals surface area contributed by atoms with Gasteiger partial charge in [-0.15, -0.1) is 0 Å². The first-order valence-electron chi connectivity index (χ1n) is 9.77. The van der Waals surface area contributed by atoms with Crippen LogP contribution in [0.2, 0.25) is 0 Å². The molecule has 8 heteroatoms. The summed E-state index contributed by atoms with van der Waals surface area (Å²) in [5.41, 5.74) is 7.82. The molecule has 4 heterocycles. The van der Waals surface area contributed by atoms with Gasteiger partial charge in [0.25, 0.3) is 5.91 Å². The van der Waals surface area contributed by atoms with E-state index in [0.717, 1.165) is 25.0 Å². The van der Waals surface area contributed by atoms with E-state index in [1.807, 2.05) is 11.8 Å². The minimum Gasteiger partial charge on any atom is -0.383 e. The molecular formula is C20H25FN6O. The van der Waals surface area contributed by atoms with Crippen molar-refractivity contribution in [3.63, 3.8) is 0 Å². The Morgan fingerprint density at radius 3 is 3.04 bits per heavy atom. The average Bonchev–Trinajstić information content (AvgIpc) is 3.15. The van der Waals surface area contributed by atoms with Crippen LogP contribution in [0.4, 0.5) is 10.2 Å². The van der Waals surface area contributed by atoms with Crippen molar-refractivity contribution < 1.29 is 9.18 Å². The molecule has 0 spiro atoms. The predicted molar refractivity (Wildman–Crippen MR) is 106 cm³/mol. The molecule has 1 aromatic rings. The Kier molecular flexibility index (Phi) is 4.87. The summed E-state index contributed by atoms with van der Waals surface area (Å²) in [4.78, 5) is 23.1. The van der Waals surface area contributed by atoms with Gasteiger partial charge in [0.05, 0.1) is 17.3 Å². The van der Waals surface area contributed by atoms with E-state index in [2.05, 4.69) is 15.3 Å². The molecule has 1 aromatic heterocycles. The summed E-state index contributed by atoms with van der Waals surface area (Å²) in [5, 5.41) is 11.7. The molecule has 1 saturated heterocycles. The van der Waals surface area contributed by atoms with Gasteiger partial charge in [-0.25, -0.2) is 9.37 Å². The van der Waals surface area contributed by atoms with Crippen LogP contribution < -0.4 is 11.1 Å². The number of hydrogen-bond donors (Lipinski definition) is 3. The van der Waals surface area contributed by atoms with Crippen molar-refractivity contribution in [1.29, 1.82) is 5.41 Å². The quantitative estimate of drug-likeness (QED) is 0.639. The van der Waals surface area contributed by atoms with E-state index in [1.165, 1.54) is 12.4 Å². The second kappa shape index (κ2) is 7.33. The van der Waals surface area contributed by atoms with Crippen molar-refractivity contribution >= 4 is 23.3 Å². The maximum absolute atomic E-state index is 14.1. The van der Waals surface area contributed by atoms with Crippen LogP contribution in [-0.2, 0) is 0 Å². The Labute approximate surface area is 163 Å². The molecule has 3 aliphatic rings. The third-order valence-corrected chi connectivity index (χ3v) is 5.91. The number of allylic oxidation sites excluding steroid dienone is 1. The van der Waals surface area contributed by atoms with Crippen molar-refractivity contribution in [2.24, 2.45) is 10.9 Å². The topological polar surface area (TPSA) is 107 Å². The highest BCUT2D eigenvalue weighted by Crippen LogP contribution is 2.35. The summed E-state index contributed by atoms with van der Waals surface area (Å²) in [6.45, 7) is 2.65. The number of pyridine rings is 1. The number of anilines is 1. The number of fused-ring (bicyclic) bond motifs is 5. The molecule has 1 unspecified atom stereocenters. The Balaban J connectivity index is 1.77. The first-order valence-corrected chi connectivity index (χ1v) is 9.77. The third kappa shape index (κ3) is 3.39. The number of nitrogens with two attached hydrogens (primary N) is 1. The highest BCUT2D eigenvalue weighted by atomic mass is 19.1. The zero-order valence-electron chi connectivity index (χ0n) is 15.9. The molecule has 2 bridgehead atoms. The van der Waals surface area contributed by atoms with Gasteiger partial charge in [0, 0.05) is 42.9 Å². The highest BCUT2D eigenvalue weighted by Gasteiger charge is 2.38. The van der Waals surface area contributed by atoms with Crippen LogP contribution in [0.3, 0.4) is 0 Å². The summed E-state index contributed by atoms with van der Waals surface area (Å²) in [5.74, 6) is -0.0725. The lowest BCUT2D eigenvalue weighted by molar-refractivity contribution is 0.0938. The number of nitrogens with zero attached hydrogens (tertiary/aromatic N) is 3. The van der Waals surface area contributed by atoms with E-state index in [-0.39, 0.29) is 41.4 Å². The average molecular weight is 384 g/mol. The van der Waals surface area contributed by atoms with Gasteiger partial charge < -0.3 is 16.0 Å². The standard InChI is InChI=1S/C20H25FN6O/c1-11-4-5-16-14(8-13(21)10-24-16)17-3-2-6-27(17)19(23)15-7-12(20(28)26-11)9-25-18(15)22/h7,9-11,14,17,23H,2-6,8H2,1H3,(H2,22,25)(H,26,28)/t11-,14?,17-/m1/s1. The second-order valence-corrected chi connectivity index (χ2v) is 7.83. The van der Waals surface area contributed by atoms with E-state index in [4.69, 9.17) is 11.1 Å². The molecule has 4 N–H and O–H groups in total. The lowest BCUT2D eigenvalue weighted by atomic mass is 9.85. The molecular weight excluding hydrogens is 359 g/mol. The number of amides is 1. The van der Waals surface area contributed by atoms with E-state index >= 15 is 0 Å². The maximum atomic E-state index is 14.1. The monoisotopic (exact) mass is 384 g/mol. The van der Waals surface area contributed by atoms with Gasteiger partial charge in [0.2, 0.25) is 0 Å². The third-order valence-electron chi connectivity index (χ3n) is 5.91. The van der Waals surface area contributed by atoms with Crippen LogP contribution in [-0.4, -0.2) is 46.0 Å². The SMILES string of the molecule is C[C@@H]1CCC2=NC=C(F)CC2[C@H]2CCCN2C(=N)c2cc(cnc2N)C(=O)N1. The van der Waals surface area contributed by atoms with Crippen LogP contribution in [0.25, 0.3) is 0 Å². The van der Waals surface area contributed by atoms with Crippen LogP contribution >= 0.6 is 0 Å². The van der Waals surface area contributed by atoms with Gasteiger partial charge >= 0.3 is 0 Å². The minimum absolute atomic E-state index is 0.00604. The summed E-state index contributed by atoms with van der Waals surface area (Å²) in [6.07, 6.45) is 6.26. The largest absolute Gasteiger partial charge is 0.383 e. The fraction of sp³-hybridized carbons (Fsp3) is 0.500. The van der Waals surface area contributed by atoms with Gasteiger partial charge in [-0.3, -0.25) is 15.2 Å². The molecule has 1 amide bonds. The van der Waals surface area contributed by atoms with Crippen molar-refractivity contribution in [3.8, 4) is 0 Å². The summed E-state index contributed by atoms with van der Waals surface area (Å²) < 4.78 is 14.1. The summed E-state index contributed by atoms with van der Waals surface area (Å²) in [7, 11) is 0. The number of amidine groups is 1. The molecule has 28 heavy (non-hydrogen) atoms. The van der Waals surface area contributed by atoms with E-state index in [9.17, 15) is 9.18 Å². The Morgan fingerprint density at radius 1 is 1.39 bits per heavy atom. The van der Waals surface area contributed by atoms with Gasteiger partial charge in [0.1, 0.15) is 17.5 Å². The van der Waals surface area contributed by atoms with Gasteiger partial charge in [-0.05, 0) is 38.7 Å². The van der Waals surface area contributed by atoms with Crippen LogP contribution in [0, 0.1) is 11.3 Å². The van der Waals surface area contributed by atoms with Crippen molar-refractivity contribution in [2.75, 3.05) is 12.3 Å². The molecule has 0 aliphatic carbocycles. The van der Waals surface area contributed by atoms with Crippen molar-refractivity contribution in [3.05, 3.63) is 35.4 Å². The van der Waals surface area contributed by atoms with Crippen LogP contribution in [0.1, 0.15) is 54.9 Å². The molecule has 3 atom stereocenters. The molecule has 0 aromatic carbocycles. The fourth-order valence-electron chi connectivity index (χ4n) is 4.41. The number of hydrogen-bond acceptors (Lipinski definition) is 5. The number of nitrogen functional groups attached to an aromatic ring is 1. The Bertz CT molecular complexity index is 879. The lowest BCUT2D eigenvalue weighted by Gasteiger charge is -2.35. The zero-order valence-corrected chi connectivity index (χ0v) is 15.9. The number of nitrogens with one attached hydrogen (secondary N) is 2. The number of rotatable bonds is 0. The normalized spacial score (nSPS) is 28.1. The zero-order chi connectivity index (χ0) is 19.8. The molecule has 7 nitrogen and oxygen atoms in total. The van der Waals surface area contributed by atoms with Gasteiger partial charge in [-0.1, -0.05) is 0 Å². The fourth-order valence-corrected chi connectivity index (χ4v) is 4.41. The first-order chi connectivity index (χ1) is 13.4. The molecule has 3 aliphatic heterocycles. The highest BCUT2D eigenvalue weighted by molar-refractivity contribution is 6.04. The molecule has 0 radical (unpaired) electrons. The van der Waals surface area contributed by atoms with Crippen molar-refractivity contribution in [1.82, 2.24) is 15.2 Å². The van der Waals surface area contributed by atoms with E-state index < -0.39 is 0 Å². The molecule has 4 rings (SSSR count). The van der Waals surface area contributed by atoms with Crippen LogP contribution in [0.5, 0.6) is 0 Å². The first kappa shape index (κ1) is 18.6. The number of aromatic nitrogens is 1. The van der Waals surface area contributed by atoms with Gasteiger partial charge in [0.15, 0.2) is 0 Å². The summed E-state index contributed by atoms with van der Waals surface area (Å²) >= 11 is 0. The smallest absolute Gasteiger partial charge is 0.253 e. The number of halogens is 1. The lowest BCUT2D eigenvalue weighted by Crippen LogP contribution is -2.44. The van der Waals surface area contributed by atoms with Crippen LogP contribution in [0.15, 0.2) is 29.3 Å². The Morgan fingerprint density at radius 2 is 2.21 bits per heavy atom. The Hall–Kier alpha value is -2.77. The second-order valence-electron chi connectivity index (χ2n) is 7.83. The van der Waals surface area contributed by atoms with Crippen molar-refractivity contribution in [2.45, 2.75) is 51.1 Å². The number of carbonyl (C=O) groups excluding carboxylic acids is 1. The van der Waals surface area contributed by atoms with E-state index in [1.54, 1.807) is 6.07 Å². The van der Waals surface area contributed by atoms with E-state index in [0.29, 0.717) is 30.5 Å². The van der Waals surface area contributed by atoms with Gasteiger partial charge in [-0.2, -0.15) is 0 Å². The summed E-state index contributed by atoms with van der Waals surface area (Å²) in [6, 6.07) is 1.57. The number of carbonyl (C=O) groups is 1. The molecule has 1 fully saturated rings. The number of aliphatic imine (C=N–C) groups is 1. The minimum atomic E-state index is -0.237. The molecule has 148 valence electrons.